The molecule has 1 heterocycles. The summed E-state index contributed by atoms with van der Waals surface area (Å²) in [6.07, 6.45) is 3.91. The zero-order valence-electron chi connectivity index (χ0n) is 11.4. The number of carbonyl (C=O) groups is 1. The van der Waals surface area contributed by atoms with Crippen LogP contribution in [0, 0.1) is 12.8 Å². The van der Waals surface area contributed by atoms with Gasteiger partial charge in [-0.2, -0.15) is 0 Å². The number of hydrogen-bond acceptors (Lipinski definition) is 5. The molecule has 0 unspecified atom stereocenters. The summed E-state index contributed by atoms with van der Waals surface area (Å²) >= 11 is 0. The number of aromatic nitrogens is 2. The first-order valence-electron chi connectivity index (χ1n) is 6.57. The molecule has 0 bridgehead atoms. The lowest BCUT2D eigenvalue weighted by Crippen LogP contribution is -2.30. The van der Waals surface area contributed by atoms with Crippen molar-refractivity contribution in [1.82, 2.24) is 9.97 Å². The highest BCUT2D eigenvalue weighted by Crippen LogP contribution is 2.28. The van der Waals surface area contributed by atoms with Gasteiger partial charge in [-0.15, -0.1) is 0 Å². The van der Waals surface area contributed by atoms with Crippen molar-refractivity contribution < 1.29 is 9.90 Å². The molecule has 2 N–H and O–H groups in total. The fraction of sp³-hybridized carbons (Fsp3) is 0.615. The van der Waals surface area contributed by atoms with Crippen LogP contribution >= 0.6 is 0 Å². The van der Waals surface area contributed by atoms with Crippen molar-refractivity contribution in [3.05, 3.63) is 11.9 Å². The molecule has 6 nitrogen and oxygen atoms in total. The Kier molecular flexibility index (Phi) is 4.19. The Hall–Kier alpha value is -1.85. The van der Waals surface area contributed by atoms with Gasteiger partial charge in [-0.25, -0.2) is 9.97 Å². The Bertz CT molecular complexity index is 460. The van der Waals surface area contributed by atoms with Gasteiger partial charge >= 0.3 is 5.97 Å². The third-order valence-electron chi connectivity index (χ3n) is 3.39. The van der Waals surface area contributed by atoms with E-state index in [1.54, 1.807) is 6.07 Å². The molecule has 1 aromatic heterocycles. The van der Waals surface area contributed by atoms with Gasteiger partial charge in [-0.1, -0.05) is 6.42 Å². The minimum Gasteiger partial charge on any atom is -0.480 e. The lowest BCUT2D eigenvalue weighted by molar-refractivity contribution is -0.134. The molecule has 0 atom stereocenters. The summed E-state index contributed by atoms with van der Waals surface area (Å²) in [6.45, 7) is 2.67. The molecule has 2 rings (SSSR count). The third kappa shape index (κ3) is 3.81. The van der Waals surface area contributed by atoms with Crippen LogP contribution in [0.5, 0.6) is 0 Å². The molecule has 0 radical (unpaired) electrons. The zero-order valence-corrected chi connectivity index (χ0v) is 11.4. The van der Waals surface area contributed by atoms with E-state index in [1.165, 1.54) is 19.3 Å². The van der Waals surface area contributed by atoms with Crippen LogP contribution in [-0.2, 0) is 4.79 Å². The fourth-order valence-corrected chi connectivity index (χ4v) is 2.16. The van der Waals surface area contributed by atoms with E-state index >= 15 is 0 Å². The highest BCUT2D eigenvalue weighted by atomic mass is 16.4. The standard InChI is InChI=1S/C13H20N4O2/c1-9-15-11(14-7-13(18)19)6-12(16-9)17(2)8-10-4-3-5-10/h6,10H,3-5,7-8H2,1-2H3,(H,18,19)(H,14,15,16). The van der Waals surface area contributed by atoms with Crippen LogP contribution in [0.25, 0.3) is 0 Å². The van der Waals surface area contributed by atoms with Crippen molar-refractivity contribution in [2.24, 2.45) is 5.92 Å². The first-order valence-corrected chi connectivity index (χ1v) is 6.57. The first kappa shape index (κ1) is 13.6. The summed E-state index contributed by atoms with van der Waals surface area (Å²) < 4.78 is 0. The lowest BCUT2D eigenvalue weighted by atomic mass is 9.85. The number of aliphatic carboxylic acids is 1. The Balaban J connectivity index is 2.03. The largest absolute Gasteiger partial charge is 0.480 e. The van der Waals surface area contributed by atoms with E-state index in [1.807, 2.05) is 14.0 Å². The van der Waals surface area contributed by atoms with Crippen molar-refractivity contribution in [3.8, 4) is 0 Å². The summed E-state index contributed by atoms with van der Waals surface area (Å²) in [5, 5.41) is 11.4. The van der Waals surface area contributed by atoms with Gasteiger partial charge in [0.1, 0.15) is 24.0 Å². The van der Waals surface area contributed by atoms with Crippen molar-refractivity contribution in [2.75, 3.05) is 30.4 Å². The monoisotopic (exact) mass is 264 g/mol. The van der Waals surface area contributed by atoms with E-state index in [0.29, 0.717) is 11.6 Å². The number of anilines is 2. The van der Waals surface area contributed by atoms with Crippen LogP contribution in [0.3, 0.4) is 0 Å². The second kappa shape index (κ2) is 5.86. The van der Waals surface area contributed by atoms with Crippen LogP contribution in [0.2, 0.25) is 0 Å². The number of nitrogens with zero attached hydrogens (tertiary/aromatic N) is 3. The number of rotatable bonds is 6. The second-order valence-corrected chi connectivity index (χ2v) is 5.08. The topological polar surface area (TPSA) is 78.3 Å². The Morgan fingerprint density at radius 3 is 2.84 bits per heavy atom. The minimum absolute atomic E-state index is 0.137. The Morgan fingerprint density at radius 2 is 2.26 bits per heavy atom. The summed E-state index contributed by atoms with van der Waals surface area (Å²) in [6, 6.07) is 1.80. The van der Waals surface area contributed by atoms with E-state index in [9.17, 15) is 4.79 Å². The molecule has 1 fully saturated rings. The molecule has 19 heavy (non-hydrogen) atoms. The maximum atomic E-state index is 10.6. The summed E-state index contributed by atoms with van der Waals surface area (Å²) in [7, 11) is 2.01. The molecule has 0 aliphatic heterocycles. The highest BCUT2D eigenvalue weighted by molar-refractivity contribution is 5.72. The Morgan fingerprint density at radius 1 is 1.53 bits per heavy atom. The number of hydrogen-bond donors (Lipinski definition) is 2. The van der Waals surface area contributed by atoms with E-state index in [0.717, 1.165) is 18.3 Å². The van der Waals surface area contributed by atoms with Gasteiger partial charge in [-0.3, -0.25) is 4.79 Å². The molecule has 1 aromatic rings. The van der Waals surface area contributed by atoms with Crippen molar-refractivity contribution in [1.29, 1.82) is 0 Å². The van der Waals surface area contributed by atoms with Crippen molar-refractivity contribution in [3.63, 3.8) is 0 Å². The maximum absolute atomic E-state index is 10.6. The average Bonchev–Trinajstić information content (AvgIpc) is 2.30. The number of carboxylic acids is 1. The van der Waals surface area contributed by atoms with E-state index in [2.05, 4.69) is 20.2 Å². The highest BCUT2D eigenvalue weighted by Gasteiger charge is 2.20. The molecule has 1 saturated carbocycles. The summed E-state index contributed by atoms with van der Waals surface area (Å²) in [4.78, 5) is 21.3. The molecule has 0 amide bonds. The van der Waals surface area contributed by atoms with Crippen LogP contribution in [-0.4, -0.2) is 41.2 Å². The van der Waals surface area contributed by atoms with Gasteiger partial charge in [0, 0.05) is 19.7 Å². The van der Waals surface area contributed by atoms with Gasteiger partial charge < -0.3 is 15.3 Å². The van der Waals surface area contributed by atoms with Crippen LogP contribution < -0.4 is 10.2 Å². The van der Waals surface area contributed by atoms with E-state index in [4.69, 9.17) is 5.11 Å². The normalized spacial score (nSPS) is 14.8. The smallest absolute Gasteiger partial charge is 0.322 e. The van der Waals surface area contributed by atoms with Gasteiger partial charge in [-0.05, 0) is 25.7 Å². The van der Waals surface area contributed by atoms with Gasteiger partial charge in [0.05, 0.1) is 0 Å². The number of aryl methyl sites for hydroxylation is 1. The SMILES string of the molecule is Cc1nc(NCC(=O)O)cc(N(C)CC2CCC2)n1. The molecular formula is C13H20N4O2. The molecule has 1 aliphatic carbocycles. The van der Waals surface area contributed by atoms with Gasteiger partial charge in [0.2, 0.25) is 0 Å². The third-order valence-corrected chi connectivity index (χ3v) is 3.39. The summed E-state index contributed by atoms with van der Waals surface area (Å²) in [5.74, 6) is 1.90. The molecule has 104 valence electrons. The summed E-state index contributed by atoms with van der Waals surface area (Å²) in [5.41, 5.74) is 0. The van der Waals surface area contributed by atoms with Crippen molar-refractivity contribution >= 4 is 17.6 Å². The average molecular weight is 264 g/mol. The predicted octanol–water partition coefficient (Wildman–Crippen LogP) is 1.52. The quantitative estimate of drug-likeness (QED) is 0.811. The molecule has 0 aromatic carbocycles. The molecule has 6 heteroatoms. The maximum Gasteiger partial charge on any atom is 0.322 e. The van der Waals surface area contributed by atoms with Crippen LogP contribution in [0.1, 0.15) is 25.1 Å². The fourth-order valence-electron chi connectivity index (χ4n) is 2.16. The van der Waals surface area contributed by atoms with Crippen molar-refractivity contribution in [2.45, 2.75) is 26.2 Å². The first-order chi connectivity index (χ1) is 9.04. The van der Waals surface area contributed by atoms with Crippen LogP contribution in [0.4, 0.5) is 11.6 Å². The molecule has 1 aliphatic rings. The number of nitrogens with one attached hydrogen (secondary N) is 1. The second-order valence-electron chi connectivity index (χ2n) is 5.08. The lowest BCUT2D eigenvalue weighted by Gasteiger charge is -2.30. The number of carboxylic acid groups (broad SMARTS) is 1. The van der Waals surface area contributed by atoms with E-state index in [-0.39, 0.29) is 6.54 Å². The van der Waals surface area contributed by atoms with Crippen LogP contribution in [0.15, 0.2) is 6.07 Å². The molecule has 0 spiro atoms. The van der Waals surface area contributed by atoms with Gasteiger partial charge in [0.15, 0.2) is 0 Å². The predicted molar refractivity (Wildman–Crippen MR) is 73.5 cm³/mol. The zero-order chi connectivity index (χ0) is 13.8. The molecular weight excluding hydrogens is 244 g/mol. The minimum atomic E-state index is -0.902. The van der Waals surface area contributed by atoms with Gasteiger partial charge in [0.25, 0.3) is 0 Å². The molecule has 0 saturated heterocycles. The van der Waals surface area contributed by atoms with E-state index < -0.39 is 5.97 Å². The Labute approximate surface area is 112 Å².